The topological polar surface area (TPSA) is 72.6 Å². The summed E-state index contributed by atoms with van der Waals surface area (Å²) in [7, 11) is 0. The first kappa shape index (κ1) is 15.2. The lowest BCUT2D eigenvalue weighted by atomic mass is 10.3. The molecule has 0 fully saturated rings. The van der Waals surface area contributed by atoms with E-state index in [4.69, 9.17) is 4.74 Å². The molecule has 0 saturated carbocycles. The maximum atomic E-state index is 11.0. The van der Waals surface area contributed by atoms with Gasteiger partial charge >= 0.3 is 0 Å². The quantitative estimate of drug-likeness (QED) is 0.660. The summed E-state index contributed by atoms with van der Waals surface area (Å²) in [6.45, 7) is 3.73. The van der Waals surface area contributed by atoms with Gasteiger partial charge in [-0.15, -0.1) is 0 Å². The van der Waals surface area contributed by atoms with Crippen molar-refractivity contribution in [3.8, 4) is 11.5 Å². The monoisotopic (exact) mass is 305 g/mol. The summed E-state index contributed by atoms with van der Waals surface area (Å²) < 4.78 is 5.54. The fourth-order valence-corrected chi connectivity index (χ4v) is 2.61. The van der Waals surface area contributed by atoms with E-state index < -0.39 is 4.92 Å². The Kier molecular flexibility index (Phi) is 4.70. The zero-order chi connectivity index (χ0) is 15.4. The first-order valence-electron chi connectivity index (χ1n) is 6.37. The summed E-state index contributed by atoms with van der Waals surface area (Å²) in [6.07, 6.45) is -0.0569. The first-order valence-corrected chi connectivity index (χ1v) is 7.19. The molecular weight excluding hydrogens is 290 g/mol. The highest BCUT2D eigenvalue weighted by Gasteiger charge is 2.12. The number of hydrogen-bond acceptors (Lipinski definition) is 5. The summed E-state index contributed by atoms with van der Waals surface area (Å²) in [4.78, 5) is 12.2. The molecule has 110 valence electrons. The molecule has 0 atom stereocenters. The van der Waals surface area contributed by atoms with E-state index in [0.717, 1.165) is 4.90 Å². The number of phenolic OH excluding ortho intramolecular Hbond substituents is 1. The lowest BCUT2D eigenvalue weighted by Gasteiger charge is -2.11. The van der Waals surface area contributed by atoms with Gasteiger partial charge in [0, 0.05) is 15.9 Å². The van der Waals surface area contributed by atoms with E-state index in [1.165, 1.54) is 23.9 Å². The predicted octanol–water partition coefficient (Wildman–Crippen LogP) is 4.24. The van der Waals surface area contributed by atoms with Crippen molar-refractivity contribution in [2.24, 2.45) is 0 Å². The van der Waals surface area contributed by atoms with Gasteiger partial charge in [0.2, 0.25) is 0 Å². The maximum Gasteiger partial charge on any atom is 0.274 e. The van der Waals surface area contributed by atoms with Crippen LogP contribution in [0.2, 0.25) is 0 Å². The highest BCUT2D eigenvalue weighted by atomic mass is 32.2. The molecule has 21 heavy (non-hydrogen) atoms. The number of hydrogen-bond donors (Lipinski definition) is 1. The van der Waals surface area contributed by atoms with Crippen LogP contribution in [-0.2, 0) is 0 Å². The van der Waals surface area contributed by atoms with Gasteiger partial charge in [-0.1, -0.05) is 11.8 Å². The van der Waals surface area contributed by atoms with Crippen LogP contribution in [0.1, 0.15) is 13.8 Å². The third-order valence-electron chi connectivity index (χ3n) is 2.52. The Balaban J connectivity index is 2.30. The molecule has 2 aromatic carbocycles. The van der Waals surface area contributed by atoms with E-state index in [-0.39, 0.29) is 17.5 Å². The van der Waals surface area contributed by atoms with Gasteiger partial charge in [0.1, 0.15) is 11.5 Å². The van der Waals surface area contributed by atoms with Crippen LogP contribution >= 0.6 is 11.8 Å². The van der Waals surface area contributed by atoms with Gasteiger partial charge in [-0.05, 0) is 44.2 Å². The van der Waals surface area contributed by atoms with E-state index in [9.17, 15) is 15.2 Å². The molecular formula is C15H15NO4S. The third-order valence-corrected chi connectivity index (χ3v) is 3.50. The van der Waals surface area contributed by atoms with Gasteiger partial charge in [-0.2, -0.15) is 0 Å². The van der Waals surface area contributed by atoms with Crippen molar-refractivity contribution < 1.29 is 14.8 Å². The van der Waals surface area contributed by atoms with Gasteiger partial charge in [-0.3, -0.25) is 10.1 Å². The molecule has 0 spiro atoms. The van der Waals surface area contributed by atoms with E-state index in [2.05, 4.69) is 0 Å². The zero-order valence-electron chi connectivity index (χ0n) is 11.6. The van der Waals surface area contributed by atoms with Crippen molar-refractivity contribution in [2.75, 3.05) is 0 Å². The van der Waals surface area contributed by atoms with Crippen LogP contribution in [0.5, 0.6) is 11.5 Å². The number of phenols is 1. The number of ether oxygens (including phenoxy) is 1. The van der Waals surface area contributed by atoms with Crippen molar-refractivity contribution in [3.63, 3.8) is 0 Å². The Bertz CT molecular complexity index is 641. The Morgan fingerprint density at radius 1 is 1.14 bits per heavy atom. The number of nitrogens with zero attached hydrogens (tertiary/aromatic N) is 1. The van der Waals surface area contributed by atoms with Crippen LogP contribution in [0.15, 0.2) is 52.3 Å². The molecule has 0 bridgehead atoms. The van der Waals surface area contributed by atoms with Crippen LogP contribution in [0.4, 0.5) is 5.69 Å². The molecule has 0 aromatic heterocycles. The minimum atomic E-state index is -0.436. The molecule has 0 aliphatic carbocycles. The fraction of sp³-hybridized carbons (Fsp3) is 0.200. The van der Waals surface area contributed by atoms with Gasteiger partial charge in [-0.25, -0.2) is 0 Å². The molecule has 6 heteroatoms. The predicted molar refractivity (Wildman–Crippen MR) is 81.1 cm³/mol. The van der Waals surface area contributed by atoms with Crippen LogP contribution in [-0.4, -0.2) is 16.1 Å². The van der Waals surface area contributed by atoms with Crippen molar-refractivity contribution in [1.29, 1.82) is 0 Å². The number of non-ortho nitro benzene ring substituents is 1. The molecule has 2 rings (SSSR count). The molecule has 0 aliphatic heterocycles. The summed E-state index contributed by atoms with van der Waals surface area (Å²) in [5, 5.41) is 20.3. The SMILES string of the molecule is CC(C)Oc1cc(Sc2ccc(O)cc2)cc([N+](=O)[O-])c1. The standard InChI is InChI=1S/C15H15NO4S/c1-10(2)20-13-7-11(16(18)19)8-15(9-13)21-14-5-3-12(17)4-6-14/h3-10,17H,1-2H3. The van der Waals surface area contributed by atoms with Crippen LogP contribution < -0.4 is 4.74 Å². The minimum absolute atomic E-state index is 0.00516. The van der Waals surface area contributed by atoms with E-state index in [1.807, 2.05) is 13.8 Å². The van der Waals surface area contributed by atoms with Gasteiger partial charge < -0.3 is 9.84 Å². The maximum absolute atomic E-state index is 11.0. The number of benzene rings is 2. The van der Waals surface area contributed by atoms with Crippen molar-refractivity contribution in [2.45, 2.75) is 29.7 Å². The molecule has 0 heterocycles. The normalized spacial score (nSPS) is 10.6. The Morgan fingerprint density at radius 3 is 2.38 bits per heavy atom. The largest absolute Gasteiger partial charge is 0.508 e. The number of nitro benzene ring substituents is 1. The molecule has 5 nitrogen and oxygen atoms in total. The summed E-state index contributed by atoms with van der Waals surface area (Å²) in [5.74, 6) is 0.655. The summed E-state index contributed by atoms with van der Waals surface area (Å²) >= 11 is 1.37. The van der Waals surface area contributed by atoms with Crippen LogP contribution in [0, 0.1) is 10.1 Å². The van der Waals surface area contributed by atoms with Crippen molar-refractivity contribution in [1.82, 2.24) is 0 Å². The molecule has 1 N–H and O–H groups in total. The van der Waals surface area contributed by atoms with Crippen LogP contribution in [0.25, 0.3) is 0 Å². The average Bonchev–Trinajstić information content (AvgIpc) is 2.40. The molecule has 0 saturated heterocycles. The smallest absolute Gasteiger partial charge is 0.274 e. The molecule has 0 unspecified atom stereocenters. The number of nitro groups is 1. The van der Waals surface area contributed by atoms with Crippen LogP contribution in [0.3, 0.4) is 0 Å². The van der Waals surface area contributed by atoms with E-state index in [1.54, 1.807) is 30.3 Å². The summed E-state index contributed by atoms with van der Waals surface area (Å²) in [5.41, 5.74) is -0.00516. The Labute approximate surface area is 126 Å². The molecule has 2 aromatic rings. The minimum Gasteiger partial charge on any atom is -0.508 e. The second kappa shape index (κ2) is 6.49. The third kappa shape index (κ3) is 4.39. The Hall–Kier alpha value is -2.21. The number of rotatable bonds is 5. The lowest BCUT2D eigenvalue weighted by Crippen LogP contribution is -2.05. The Morgan fingerprint density at radius 2 is 1.81 bits per heavy atom. The first-order chi connectivity index (χ1) is 9.94. The molecule has 0 aliphatic rings. The lowest BCUT2D eigenvalue weighted by molar-refractivity contribution is -0.385. The second-order valence-electron chi connectivity index (χ2n) is 4.68. The van der Waals surface area contributed by atoms with Gasteiger partial charge in [0.15, 0.2) is 0 Å². The zero-order valence-corrected chi connectivity index (χ0v) is 12.5. The second-order valence-corrected chi connectivity index (χ2v) is 5.83. The van der Waals surface area contributed by atoms with E-state index in [0.29, 0.717) is 10.6 Å². The molecule has 0 amide bonds. The van der Waals surface area contributed by atoms with Crippen molar-refractivity contribution >= 4 is 17.4 Å². The summed E-state index contributed by atoms with van der Waals surface area (Å²) in [6, 6.07) is 11.3. The van der Waals surface area contributed by atoms with Gasteiger partial charge in [0.25, 0.3) is 5.69 Å². The molecule has 0 radical (unpaired) electrons. The fourth-order valence-electron chi connectivity index (χ4n) is 1.71. The van der Waals surface area contributed by atoms with E-state index >= 15 is 0 Å². The van der Waals surface area contributed by atoms with Crippen molar-refractivity contribution in [3.05, 3.63) is 52.6 Å². The highest BCUT2D eigenvalue weighted by Crippen LogP contribution is 2.34. The average molecular weight is 305 g/mol. The highest BCUT2D eigenvalue weighted by molar-refractivity contribution is 7.99. The number of aromatic hydroxyl groups is 1. The van der Waals surface area contributed by atoms with Gasteiger partial charge in [0.05, 0.1) is 17.1 Å².